The molecule has 4 N–H and O–H groups in total. The van der Waals surface area contributed by atoms with E-state index in [4.69, 9.17) is 22.4 Å². The molecule has 2 aromatic carbocycles. The standard InChI is InChI=1S/C14H11N3O2S/c15-14(20)16-8-5-6-9(11(18)7-8)13-17-10-3-1-2-4-12(10)19-13/h1-7,18H,(H3,15,16,20). The second-order valence-electron chi connectivity index (χ2n) is 4.21. The molecule has 0 radical (unpaired) electrons. The molecule has 20 heavy (non-hydrogen) atoms. The summed E-state index contributed by atoms with van der Waals surface area (Å²) in [6.07, 6.45) is 0. The smallest absolute Gasteiger partial charge is 0.231 e. The molecule has 0 aliphatic rings. The SMILES string of the molecule is NC(=S)Nc1ccc(-c2nc3ccccc3o2)c(O)c1. The van der Waals surface area contributed by atoms with Crippen molar-refractivity contribution in [3.05, 3.63) is 42.5 Å². The monoisotopic (exact) mass is 285 g/mol. The van der Waals surface area contributed by atoms with E-state index in [0.717, 1.165) is 5.52 Å². The highest BCUT2D eigenvalue weighted by atomic mass is 32.1. The summed E-state index contributed by atoms with van der Waals surface area (Å²) in [5.41, 5.74) is 7.91. The Morgan fingerprint density at radius 3 is 2.75 bits per heavy atom. The van der Waals surface area contributed by atoms with Crippen molar-refractivity contribution < 1.29 is 9.52 Å². The quantitative estimate of drug-likeness (QED) is 0.628. The number of hydrogen-bond donors (Lipinski definition) is 3. The van der Waals surface area contributed by atoms with Crippen molar-refractivity contribution in [1.82, 2.24) is 4.98 Å². The second kappa shape index (κ2) is 4.82. The lowest BCUT2D eigenvalue weighted by Crippen LogP contribution is -2.18. The summed E-state index contributed by atoms with van der Waals surface area (Å²) < 4.78 is 5.61. The first kappa shape index (κ1) is 12.4. The number of hydrogen-bond acceptors (Lipinski definition) is 4. The van der Waals surface area contributed by atoms with E-state index in [1.807, 2.05) is 24.3 Å². The number of phenolic OH excluding ortho intramolecular Hbond substituents is 1. The predicted octanol–water partition coefficient (Wildman–Crippen LogP) is 2.86. The van der Waals surface area contributed by atoms with Gasteiger partial charge in [0.2, 0.25) is 5.89 Å². The maximum absolute atomic E-state index is 10.1. The molecule has 6 heteroatoms. The van der Waals surface area contributed by atoms with Crippen molar-refractivity contribution in [2.24, 2.45) is 5.73 Å². The fourth-order valence-corrected chi connectivity index (χ4v) is 2.04. The number of rotatable bonds is 2. The number of anilines is 1. The molecule has 0 bridgehead atoms. The van der Waals surface area contributed by atoms with Crippen molar-refractivity contribution in [2.75, 3.05) is 5.32 Å². The van der Waals surface area contributed by atoms with Crippen LogP contribution in [-0.4, -0.2) is 15.2 Å². The van der Waals surface area contributed by atoms with Crippen molar-refractivity contribution in [3.63, 3.8) is 0 Å². The van der Waals surface area contributed by atoms with Crippen molar-refractivity contribution >= 4 is 34.1 Å². The Morgan fingerprint density at radius 2 is 2.05 bits per heavy atom. The van der Waals surface area contributed by atoms with Crippen LogP contribution in [0.25, 0.3) is 22.6 Å². The highest BCUT2D eigenvalue weighted by molar-refractivity contribution is 7.80. The first-order chi connectivity index (χ1) is 9.63. The molecule has 0 spiro atoms. The lowest BCUT2D eigenvalue weighted by Gasteiger charge is -2.06. The third-order valence-electron chi connectivity index (χ3n) is 2.79. The Bertz CT molecular complexity index is 765. The fraction of sp³-hybridized carbons (Fsp3) is 0. The van der Waals surface area contributed by atoms with Crippen LogP contribution in [0, 0.1) is 0 Å². The third kappa shape index (κ3) is 2.28. The minimum atomic E-state index is 0.0396. The van der Waals surface area contributed by atoms with Gasteiger partial charge in [0.25, 0.3) is 0 Å². The van der Waals surface area contributed by atoms with Crippen LogP contribution < -0.4 is 11.1 Å². The van der Waals surface area contributed by atoms with E-state index in [1.165, 1.54) is 6.07 Å². The van der Waals surface area contributed by atoms with Gasteiger partial charge >= 0.3 is 0 Å². The first-order valence-corrected chi connectivity index (χ1v) is 6.30. The summed E-state index contributed by atoms with van der Waals surface area (Å²) in [5.74, 6) is 0.406. The number of phenols is 1. The van der Waals surface area contributed by atoms with E-state index in [9.17, 15) is 5.11 Å². The molecule has 3 aromatic rings. The number of fused-ring (bicyclic) bond motifs is 1. The normalized spacial score (nSPS) is 10.6. The lowest BCUT2D eigenvalue weighted by atomic mass is 10.2. The molecular formula is C14H11N3O2S. The number of benzene rings is 2. The molecule has 0 unspecified atom stereocenters. The maximum atomic E-state index is 10.1. The van der Waals surface area contributed by atoms with Crippen LogP contribution >= 0.6 is 12.2 Å². The fourth-order valence-electron chi connectivity index (χ4n) is 1.92. The summed E-state index contributed by atoms with van der Waals surface area (Å²) in [7, 11) is 0. The van der Waals surface area contributed by atoms with E-state index in [0.29, 0.717) is 22.7 Å². The Balaban J connectivity index is 2.03. The third-order valence-corrected chi connectivity index (χ3v) is 2.89. The molecule has 100 valence electrons. The highest BCUT2D eigenvalue weighted by Crippen LogP contribution is 2.32. The van der Waals surface area contributed by atoms with E-state index in [2.05, 4.69) is 10.3 Å². The van der Waals surface area contributed by atoms with Crippen LogP contribution in [0.4, 0.5) is 5.69 Å². The van der Waals surface area contributed by atoms with Gasteiger partial charge in [0.1, 0.15) is 11.3 Å². The minimum Gasteiger partial charge on any atom is -0.507 e. The molecule has 0 atom stereocenters. The Labute approximate surface area is 120 Å². The number of aromatic nitrogens is 1. The average Bonchev–Trinajstić information content (AvgIpc) is 2.81. The van der Waals surface area contributed by atoms with Crippen LogP contribution in [-0.2, 0) is 0 Å². The average molecular weight is 285 g/mol. The summed E-state index contributed by atoms with van der Waals surface area (Å²) in [4.78, 5) is 4.34. The molecule has 1 heterocycles. The van der Waals surface area contributed by atoms with Crippen LogP contribution in [0.15, 0.2) is 46.9 Å². The van der Waals surface area contributed by atoms with Crippen LogP contribution in [0.2, 0.25) is 0 Å². The number of thiocarbonyl (C=S) groups is 1. The van der Waals surface area contributed by atoms with Gasteiger partial charge in [0, 0.05) is 11.8 Å². The highest BCUT2D eigenvalue weighted by Gasteiger charge is 2.12. The summed E-state index contributed by atoms with van der Waals surface area (Å²) in [6.45, 7) is 0. The Kier molecular flexibility index (Phi) is 3.00. The number of nitrogens with zero attached hydrogens (tertiary/aromatic N) is 1. The Morgan fingerprint density at radius 1 is 1.25 bits per heavy atom. The molecule has 5 nitrogen and oxygen atoms in total. The van der Waals surface area contributed by atoms with Crippen LogP contribution in [0.1, 0.15) is 0 Å². The van der Waals surface area contributed by atoms with Gasteiger partial charge in [-0.3, -0.25) is 0 Å². The molecule has 0 aliphatic heterocycles. The lowest BCUT2D eigenvalue weighted by molar-refractivity contribution is 0.474. The molecule has 0 saturated heterocycles. The summed E-state index contributed by atoms with van der Waals surface area (Å²) in [6, 6.07) is 12.4. The number of aromatic hydroxyl groups is 1. The van der Waals surface area contributed by atoms with Gasteiger partial charge in [-0.05, 0) is 36.5 Å². The van der Waals surface area contributed by atoms with Crippen molar-refractivity contribution in [3.8, 4) is 17.2 Å². The topological polar surface area (TPSA) is 84.3 Å². The predicted molar refractivity (Wildman–Crippen MR) is 81.5 cm³/mol. The molecular weight excluding hydrogens is 274 g/mol. The Hall–Kier alpha value is -2.60. The minimum absolute atomic E-state index is 0.0396. The van der Waals surface area contributed by atoms with E-state index in [1.54, 1.807) is 12.1 Å². The summed E-state index contributed by atoms with van der Waals surface area (Å²) in [5, 5.41) is 12.9. The van der Waals surface area contributed by atoms with Gasteiger partial charge in [-0.2, -0.15) is 0 Å². The molecule has 0 saturated carbocycles. The summed E-state index contributed by atoms with van der Waals surface area (Å²) >= 11 is 4.74. The largest absolute Gasteiger partial charge is 0.507 e. The van der Waals surface area contributed by atoms with Gasteiger partial charge in [-0.15, -0.1) is 0 Å². The molecule has 0 fully saturated rings. The van der Waals surface area contributed by atoms with E-state index < -0.39 is 0 Å². The molecule has 3 rings (SSSR count). The van der Waals surface area contributed by atoms with Crippen molar-refractivity contribution in [1.29, 1.82) is 0 Å². The zero-order chi connectivity index (χ0) is 14.1. The zero-order valence-corrected chi connectivity index (χ0v) is 11.1. The first-order valence-electron chi connectivity index (χ1n) is 5.89. The maximum Gasteiger partial charge on any atom is 0.231 e. The number of nitrogens with two attached hydrogens (primary N) is 1. The van der Waals surface area contributed by atoms with Gasteiger partial charge < -0.3 is 20.6 Å². The number of oxazole rings is 1. The second-order valence-corrected chi connectivity index (χ2v) is 4.65. The van der Waals surface area contributed by atoms with Crippen LogP contribution in [0.5, 0.6) is 5.75 Å². The van der Waals surface area contributed by atoms with Gasteiger partial charge in [0.05, 0.1) is 5.56 Å². The molecule has 0 aliphatic carbocycles. The van der Waals surface area contributed by atoms with E-state index >= 15 is 0 Å². The zero-order valence-electron chi connectivity index (χ0n) is 10.3. The number of para-hydroxylation sites is 2. The van der Waals surface area contributed by atoms with E-state index in [-0.39, 0.29) is 10.9 Å². The van der Waals surface area contributed by atoms with Crippen molar-refractivity contribution in [2.45, 2.75) is 0 Å². The van der Waals surface area contributed by atoms with Gasteiger partial charge in [-0.1, -0.05) is 12.1 Å². The van der Waals surface area contributed by atoms with Crippen LogP contribution in [0.3, 0.4) is 0 Å². The van der Waals surface area contributed by atoms with Gasteiger partial charge in [-0.25, -0.2) is 4.98 Å². The van der Waals surface area contributed by atoms with Gasteiger partial charge in [0.15, 0.2) is 10.7 Å². The number of nitrogens with one attached hydrogen (secondary N) is 1. The molecule has 0 amide bonds. The molecule has 1 aromatic heterocycles.